The van der Waals surface area contributed by atoms with Gasteiger partial charge in [-0.3, -0.25) is 9.98 Å². The summed E-state index contributed by atoms with van der Waals surface area (Å²) in [6.45, 7) is 7.42. The molecule has 2 heterocycles. The molecular weight excluding hydrogens is 338 g/mol. The van der Waals surface area contributed by atoms with E-state index in [9.17, 15) is 0 Å². The number of aromatic nitrogens is 1. The maximum absolute atomic E-state index is 4.64. The maximum Gasteiger partial charge on any atom is 0.214 e. The molecule has 2 aromatic heterocycles. The lowest BCUT2D eigenvalue weighted by Gasteiger charge is -2.03. The summed E-state index contributed by atoms with van der Waals surface area (Å²) in [6, 6.07) is 18.7. The van der Waals surface area contributed by atoms with Crippen molar-refractivity contribution in [3.63, 3.8) is 0 Å². The number of aryl methyl sites for hydroxylation is 1. The lowest BCUT2D eigenvalue weighted by Crippen LogP contribution is -2.29. The number of rotatable bonds is 4. The van der Waals surface area contributed by atoms with Gasteiger partial charge < -0.3 is 0 Å². The molecule has 126 valence electrons. The van der Waals surface area contributed by atoms with Gasteiger partial charge in [0, 0.05) is 38.9 Å². The number of aliphatic imine (C=N–C) groups is 2. The van der Waals surface area contributed by atoms with E-state index >= 15 is 0 Å². The molecule has 0 fully saturated rings. The monoisotopic (exact) mass is 356 g/mol. The third-order valence-corrected chi connectivity index (χ3v) is 5.45. The van der Waals surface area contributed by atoms with Crippen molar-refractivity contribution in [3.05, 3.63) is 70.9 Å². The van der Waals surface area contributed by atoms with Crippen LogP contribution in [-0.4, -0.2) is 12.9 Å². The van der Waals surface area contributed by atoms with E-state index < -0.39 is 0 Å². The summed E-state index contributed by atoms with van der Waals surface area (Å²) in [5, 5.41) is 2.36. The van der Waals surface area contributed by atoms with Gasteiger partial charge in [0.25, 0.3) is 0 Å². The molecule has 26 heavy (non-hydrogen) atoms. The number of hydrogen-bond acceptors (Lipinski definition) is 3. The number of pyridine rings is 1. The number of fused-ring (bicyclic) bond motifs is 2. The van der Waals surface area contributed by atoms with Crippen molar-refractivity contribution in [3.8, 4) is 0 Å². The molecule has 0 spiro atoms. The molecule has 0 saturated carbocycles. The Morgan fingerprint density at radius 1 is 0.885 bits per heavy atom. The van der Waals surface area contributed by atoms with Gasteiger partial charge in [-0.1, -0.05) is 12.7 Å². The molecule has 0 atom stereocenters. The average Bonchev–Trinajstić information content (AvgIpc) is 3.15. The van der Waals surface area contributed by atoms with Crippen molar-refractivity contribution in [1.82, 2.24) is 0 Å². The number of hydrogen-bond donors (Lipinski definition) is 0. The van der Waals surface area contributed by atoms with Crippen molar-refractivity contribution in [2.24, 2.45) is 17.0 Å². The Labute approximate surface area is 156 Å². The first-order valence-corrected chi connectivity index (χ1v) is 9.09. The summed E-state index contributed by atoms with van der Waals surface area (Å²) in [4.78, 5) is 10.9. The summed E-state index contributed by atoms with van der Waals surface area (Å²) in [7, 11) is 2.07. The van der Waals surface area contributed by atoms with Crippen LogP contribution in [0.25, 0.3) is 27.9 Å². The Hall–Kier alpha value is -3.11. The van der Waals surface area contributed by atoms with Crippen LogP contribution < -0.4 is 4.57 Å². The summed E-state index contributed by atoms with van der Waals surface area (Å²) in [6.07, 6.45) is 3.76. The fourth-order valence-corrected chi connectivity index (χ4v) is 3.78. The van der Waals surface area contributed by atoms with Crippen LogP contribution in [0.5, 0.6) is 0 Å². The van der Waals surface area contributed by atoms with Crippen molar-refractivity contribution in [1.29, 1.82) is 0 Å². The molecule has 0 saturated heterocycles. The van der Waals surface area contributed by atoms with Gasteiger partial charge in [-0.05, 0) is 49.2 Å². The van der Waals surface area contributed by atoms with Crippen molar-refractivity contribution >= 4 is 63.5 Å². The first kappa shape index (κ1) is 16.4. The lowest BCUT2D eigenvalue weighted by atomic mass is 10.1. The van der Waals surface area contributed by atoms with Gasteiger partial charge in [-0.25, -0.2) is 0 Å². The van der Waals surface area contributed by atoms with E-state index in [0.717, 1.165) is 32.2 Å². The smallest absolute Gasteiger partial charge is 0.214 e. The number of benzene rings is 2. The second-order valence-electron chi connectivity index (χ2n) is 6.05. The van der Waals surface area contributed by atoms with E-state index in [1.165, 1.54) is 10.8 Å². The molecule has 3 nitrogen and oxygen atoms in total. The van der Waals surface area contributed by atoms with Crippen LogP contribution in [0, 0.1) is 0 Å². The van der Waals surface area contributed by atoms with Crippen LogP contribution in [0.2, 0.25) is 0 Å². The first-order chi connectivity index (χ1) is 12.7. The van der Waals surface area contributed by atoms with E-state index in [2.05, 4.69) is 77.4 Å². The zero-order valence-corrected chi connectivity index (χ0v) is 15.3. The average molecular weight is 356 g/mol. The molecule has 0 aliphatic carbocycles. The highest BCUT2D eigenvalue weighted by atomic mass is 32.1. The van der Waals surface area contributed by atoms with Gasteiger partial charge in [0.15, 0.2) is 0 Å². The van der Waals surface area contributed by atoms with E-state index in [1.54, 1.807) is 11.3 Å². The highest BCUT2D eigenvalue weighted by Crippen LogP contribution is 2.25. The Balaban J connectivity index is 1.80. The first-order valence-electron chi connectivity index (χ1n) is 8.27. The van der Waals surface area contributed by atoms with E-state index in [0.29, 0.717) is 0 Å². The Morgan fingerprint density at radius 2 is 1.54 bits per heavy atom. The highest BCUT2D eigenvalue weighted by Gasteiger charge is 2.12. The van der Waals surface area contributed by atoms with Gasteiger partial charge in [-0.15, -0.1) is 11.3 Å². The third-order valence-electron chi connectivity index (χ3n) is 4.43. The fraction of sp³-hybridized carbons (Fsp3) is 0.0455. The summed E-state index contributed by atoms with van der Waals surface area (Å²) < 4.78 is 2.18. The fourth-order valence-electron chi connectivity index (χ4n) is 3.05. The molecule has 2 aromatic carbocycles. The molecule has 0 radical (unpaired) electrons. The minimum Gasteiger partial charge on any atom is -0.264 e. The molecule has 0 N–H and O–H groups in total. The molecule has 0 aliphatic rings. The second-order valence-corrected chi connectivity index (χ2v) is 7.20. The van der Waals surface area contributed by atoms with Gasteiger partial charge >= 0.3 is 0 Å². The van der Waals surface area contributed by atoms with Crippen molar-refractivity contribution in [2.75, 3.05) is 0 Å². The van der Waals surface area contributed by atoms with Gasteiger partial charge in [-0.2, -0.15) is 4.57 Å². The summed E-state index contributed by atoms with van der Waals surface area (Å²) >= 11 is 1.68. The van der Waals surface area contributed by atoms with Crippen molar-refractivity contribution in [2.45, 2.75) is 0 Å². The van der Waals surface area contributed by atoms with Gasteiger partial charge in [0.2, 0.25) is 11.0 Å². The quantitative estimate of drug-likeness (QED) is 0.258. The topological polar surface area (TPSA) is 28.6 Å². The van der Waals surface area contributed by atoms with Gasteiger partial charge in [0.1, 0.15) is 7.05 Å². The minimum atomic E-state index is 0.873. The van der Waals surface area contributed by atoms with Crippen LogP contribution in [0.4, 0.5) is 11.4 Å². The SMILES string of the molecule is C=Cc1ccc(C=Nc2ccc3cc4ccc(N=C)cc4[n+](C)c3c2)s1. The Bertz CT molecular complexity index is 1180. The van der Waals surface area contributed by atoms with Crippen molar-refractivity contribution < 1.29 is 4.57 Å². The van der Waals surface area contributed by atoms with Gasteiger partial charge in [0.05, 0.1) is 11.4 Å². The second kappa shape index (κ2) is 6.65. The standard InChI is InChI=1S/C22H18N3S/c1-4-19-9-10-20(26-19)14-24-18-8-6-16-11-15-5-7-17(23-2)12-21(15)25(3)22(16)13-18/h4-14H,1-2H2,3H3/q+1. The third kappa shape index (κ3) is 2.95. The molecular formula is C22H18N3S+. The normalized spacial score (nSPS) is 11.4. The van der Waals surface area contributed by atoms with Crippen LogP contribution in [0.15, 0.2) is 71.2 Å². The zero-order valence-electron chi connectivity index (χ0n) is 14.5. The zero-order chi connectivity index (χ0) is 18.1. The molecule has 0 amide bonds. The molecule has 0 bridgehead atoms. The van der Waals surface area contributed by atoms with E-state index in [4.69, 9.17) is 0 Å². The minimum absolute atomic E-state index is 0.873. The van der Waals surface area contributed by atoms with E-state index in [-0.39, 0.29) is 0 Å². The largest absolute Gasteiger partial charge is 0.264 e. The summed E-state index contributed by atoms with van der Waals surface area (Å²) in [5.74, 6) is 0. The molecule has 0 aliphatic heterocycles. The molecule has 4 heteroatoms. The maximum atomic E-state index is 4.64. The lowest BCUT2D eigenvalue weighted by molar-refractivity contribution is -0.617. The molecule has 4 rings (SSSR count). The Kier molecular flexibility index (Phi) is 4.19. The molecule has 4 aromatic rings. The van der Waals surface area contributed by atoms with E-state index in [1.807, 2.05) is 24.4 Å². The Morgan fingerprint density at radius 3 is 2.19 bits per heavy atom. The number of nitrogens with zero attached hydrogens (tertiary/aromatic N) is 3. The predicted molar refractivity (Wildman–Crippen MR) is 114 cm³/mol. The highest BCUT2D eigenvalue weighted by molar-refractivity contribution is 7.14. The molecule has 0 unspecified atom stereocenters. The summed E-state index contributed by atoms with van der Waals surface area (Å²) in [5.41, 5.74) is 4.06. The van der Waals surface area contributed by atoms with Crippen LogP contribution in [0.3, 0.4) is 0 Å². The van der Waals surface area contributed by atoms with Crippen LogP contribution in [0.1, 0.15) is 9.75 Å². The van der Waals surface area contributed by atoms with Crippen LogP contribution in [-0.2, 0) is 7.05 Å². The number of thiophene rings is 1. The predicted octanol–water partition coefficient (Wildman–Crippen LogP) is 5.60. The van der Waals surface area contributed by atoms with Crippen LogP contribution >= 0.6 is 11.3 Å².